The van der Waals surface area contributed by atoms with Gasteiger partial charge in [-0.25, -0.2) is 0 Å². The standard InChI is InChI=1S/C9H13NO2/c1-2-12-8-5-3-4-7(6-10)9(8)11/h3-5,11H,2,6,10H2,1H3. The molecule has 0 fully saturated rings. The van der Waals surface area contributed by atoms with Crippen LogP contribution in [0.3, 0.4) is 0 Å². The molecule has 0 aromatic heterocycles. The van der Waals surface area contributed by atoms with Gasteiger partial charge in [-0.2, -0.15) is 0 Å². The summed E-state index contributed by atoms with van der Waals surface area (Å²) in [6.07, 6.45) is 0. The minimum Gasteiger partial charge on any atom is -0.504 e. The minimum absolute atomic E-state index is 0.154. The fraction of sp³-hybridized carbons (Fsp3) is 0.333. The molecule has 1 aromatic rings. The molecule has 0 saturated carbocycles. The lowest BCUT2D eigenvalue weighted by molar-refractivity contribution is 0.316. The Morgan fingerprint density at radius 3 is 2.83 bits per heavy atom. The van der Waals surface area contributed by atoms with Gasteiger partial charge in [0.1, 0.15) is 0 Å². The summed E-state index contributed by atoms with van der Waals surface area (Å²) in [7, 11) is 0. The van der Waals surface area contributed by atoms with E-state index >= 15 is 0 Å². The summed E-state index contributed by atoms with van der Waals surface area (Å²) < 4.78 is 5.17. The fourth-order valence-corrected chi connectivity index (χ4v) is 1.00. The van der Waals surface area contributed by atoms with Crippen LogP contribution in [0, 0.1) is 0 Å². The maximum absolute atomic E-state index is 9.51. The van der Waals surface area contributed by atoms with Gasteiger partial charge in [0.05, 0.1) is 6.61 Å². The van der Waals surface area contributed by atoms with Crippen LogP contribution in [0.2, 0.25) is 0 Å². The van der Waals surface area contributed by atoms with E-state index in [4.69, 9.17) is 10.5 Å². The van der Waals surface area contributed by atoms with Crippen LogP contribution in [0.5, 0.6) is 11.5 Å². The highest BCUT2D eigenvalue weighted by atomic mass is 16.5. The first-order valence-electron chi connectivity index (χ1n) is 3.93. The normalized spacial score (nSPS) is 9.83. The molecule has 0 spiro atoms. The van der Waals surface area contributed by atoms with Crippen molar-refractivity contribution in [2.45, 2.75) is 13.5 Å². The first kappa shape index (κ1) is 8.87. The third-order valence-electron chi connectivity index (χ3n) is 1.60. The smallest absolute Gasteiger partial charge is 0.162 e. The molecule has 3 N–H and O–H groups in total. The molecular formula is C9H13NO2. The molecule has 0 aliphatic carbocycles. The van der Waals surface area contributed by atoms with Crippen LogP contribution in [0.15, 0.2) is 18.2 Å². The number of hydrogen-bond acceptors (Lipinski definition) is 3. The summed E-state index contributed by atoms with van der Waals surface area (Å²) in [6.45, 7) is 2.74. The van der Waals surface area contributed by atoms with Crippen molar-refractivity contribution < 1.29 is 9.84 Å². The predicted molar refractivity (Wildman–Crippen MR) is 47.2 cm³/mol. The Morgan fingerprint density at radius 2 is 2.25 bits per heavy atom. The molecule has 0 aliphatic rings. The number of nitrogens with two attached hydrogens (primary N) is 1. The second-order valence-corrected chi connectivity index (χ2v) is 2.40. The molecule has 0 saturated heterocycles. The second-order valence-electron chi connectivity index (χ2n) is 2.40. The van der Waals surface area contributed by atoms with Crippen molar-refractivity contribution in [1.29, 1.82) is 0 Å². The van der Waals surface area contributed by atoms with Crippen molar-refractivity contribution in [3.8, 4) is 11.5 Å². The average molecular weight is 167 g/mol. The number of ether oxygens (including phenoxy) is 1. The van der Waals surface area contributed by atoms with Gasteiger partial charge in [0.25, 0.3) is 0 Å². The quantitative estimate of drug-likeness (QED) is 0.712. The molecule has 1 rings (SSSR count). The van der Waals surface area contributed by atoms with Crippen LogP contribution in [-0.2, 0) is 6.54 Å². The van der Waals surface area contributed by atoms with Gasteiger partial charge in [-0.1, -0.05) is 12.1 Å². The lowest BCUT2D eigenvalue weighted by Crippen LogP contribution is -1.98. The number of rotatable bonds is 3. The molecule has 0 amide bonds. The number of phenolic OH excluding ortho intramolecular Hbond substituents is 1. The van der Waals surface area contributed by atoms with Gasteiger partial charge >= 0.3 is 0 Å². The van der Waals surface area contributed by atoms with Crippen LogP contribution >= 0.6 is 0 Å². The fourth-order valence-electron chi connectivity index (χ4n) is 1.00. The molecule has 3 nitrogen and oxygen atoms in total. The topological polar surface area (TPSA) is 55.5 Å². The maximum atomic E-state index is 9.51. The van der Waals surface area contributed by atoms with E-state index in [1.165, 1.54) is 0 Å². The Kier molecular flexibility index (Phi) is 2.94. The maximum Gasteiger partial charge on any atom is 0.162 e. The second kappa shape index (κ2) is 3.97. The Balaban J connectivity index is 2.97. The molecule has 3 heteroatoms. The van der Waals surface area contributed by atoms with Crippen molar-refractivity contribution in [2.24, 2.45) is 5.73 Å². The van der Waals surface area contributed by atoms with Gasteiger partial charge < -0.3 is 15.6 Å². The molecule has 0 bridgehead atoms. The summed E-state index contributed by atoms with van der Waals surface area (Å²) in [5, 5.41) is 9.51. The lowest BCUT2D eigenvalue weighted by Gasteiger charge is -2.07. The van der Waals surface area contributed by atoms with Gasteiger partial charge in [0.15, 0.2) is 11.5 Å². The molecular weight excluding hydrogens is 154 g/mol. The van der Waals surface area contributed by atoms with E-state index in [0.29, 0.717) is 24.5 Å². The largest absolute Gasteiger partial charge is 0.504 e. The number of hydrogen-bond donors (Lipinski definition) is 2. The first-order chi connectivity index (χ1) is 5.79. The number of phenols is 1. The Bertz CT molecular complexity index is 261. The number of benzene rings is 1. The number of aromatic hydroxyl groups is 1. The highest BCUT2D eigenvalue weighted by Gasteiger charge is 2.04. The zero-order valence-electron chi connectivity index (χ0n) is 7.08. The summed E-state index contributed by atoms with van der Waals surface area (Å²) in [5.74, 6) is 0.655. The van der Waals surface area contributed by atoms with Crippen molar-refractivity contribution in [3.05, 3.63) is 23.8 Å². The summed E-state index contributed by atoms with van der Waals surface area (Å²) in [6, 6.07) is 5.31. The number of para-hydroxylation sites is 1. The van der Waals surface area contributed by atoms with Crippen molar-refractivity contribution >= 4 is 0 Å². The van der Waals surface area contributed by atoms with E-state index in [-0.39, 0.29) is 5.75 Å². The summed E-state index contributed by atoms with van der Waals surface area (Å²) in [4.78, 5) is 0. The Hall–Kier alpha value is -1.22. The van der Waals surface area contributed by atoms with Gasteiger partial charge in [-0.3, -0.25) is 0 Å². The van der Waals surface area contributed by atoms with E-state index in [0.717, 1.165) is 0 Å². The van der Waals surface area contributed by atoms with Crippen LogP contribution in [-0.4, -0.2) is 11.7 Å². The highest BCUT2D eigenvalue weighted by Crippen LogP contribution is 2.29. The average Bonchev–Trinajstić information content (AvgIpc) is 2.09. The van der Waals surface area contributed by atoms with Crippen LogP contribution in [0.4, 0.5) is 0 Å². The molecule has 0 atom stereocenters. The van der Waals surface area contributed by atoms with E-state index in [1.807, 2.05) is 13.0 Å². The molecule has 1 aromatic carbocycles. The van der Waals surface area contributed by atoms with Gasteiger partial charge in [0.2, 0.25) is 0 Å². The summed E-state index contributed by atoms with van der Waals surface area (Å²) in [5.41, 5.74) is 6.11. The van der Waals surface area contributed by atoms with Crippen LogP contribution < -0.4 is 10.5 Å². The first-order valence-corrected chi connectivity index (χ1v) is 3.93. The van der Waals surface area contributed by atoms with E-state index in [2.05, 4.69) is 0 Å². The Labute approximate surface area is 71.8 Å². The monoisotopic (exact) mass is 167 g/mol. The highest BCUT2D eigenvalue weighted by molar-refractivity contribution is 5.45. The van der Waals surface area contributed by atoms with Crippen molar-refractivity contribution in [2.75, 3.05) is 6.61 Å². The Morgan fingerprint density at radius 1 is 1.50 bits per heavy atom. The zero-order valence-corrected chi connectivity index (χ0v) is 7.08. The minimum atomic E-state index is 0.154. The van der Waals surface area contributed by atoms with Crippen LogP contribution in [0.1, 0.15) is 12.5 Å². The zero-order chi connectivity index (χ0) is 8.97. The summed E-state index contributed by atoms with van der Waals surface area (Å²) >= 11 is 0. The van der Waals surface area contributed by atoms with Gasteiger partial charge in [-0.15, -0.1) is 0 Å². The van der Waals surface area contributed by atoms with Crippen molar-refractivity contribution in [3.63, 3.8) is 0 Å². The van der Waals surface area contributed by atoms with E-state index in [9.17, 15) is 5.11 Å². The third kappa shape index (κ3) is 1.68. The van der Waals surface area contributed by atoms with E-state index in [1.54, 1.807) is 12.1 Å². The molecule has 0 aliphatic heterocycles. The molecule has 0 heterocycles. The SMILES string of the molecule is CCOc1cccc(CN)c1O. The molecule has 66 valence electrons. The van der Waals surface area contributed by atoms with Crippen molar-refractivity contribution in [1.82, 2.24) is 0 Å². The van der Waals surface area contributed by atoms with Crippen LogP contribution in [0.25, 0.3) is 0 Å². The molecule has 0 unspecified atom stereocenters. The lowest BCUT2D eigenvalue weighted by atomic mass is 10.2. The molecule has 0 radical (unpaired) electrons. The predicted octanol–water partition coefficient (Wildman–Crippen LogP) is 1.25. The van der Waals surface area contributed by atoms with Gasteiger partial charge in [0, 0.05) is 12.1 Å². The molecule has 12 heavy (non-hydrogen) atoms. The van der Waals surface area contributed by atoms with Gasteiger partial charge in [-0.05, 0) is 13.0 Å². The van der Waals surface area contributed by atoms with E-state index < -0.39 is 0 Å². The third-order valence-corrected chi connectivity index (χ3v) is 1.60.